The molecule has 0 radical (unpaired) electrons. The number of rotatable bonds is 4. The standard InChI is InChI=1S/C10H16N4O3S/c1-7-5-17-4-3-14(7)9-11-12-10(13(9)2)18-6-8(15)16/h7H,3-6H2,1-2H3,(H,15,16). The number of anilines is 1. The normalized spacial score (nSPS) is 20.1. The number of morpholine rings is 1. The Hall–Kier alpha value is -1.28. The molecule has 2 heterocycles. The van der Waals surface area contributed by atoms with Gasteiger partial charge in [-0.2, -0.15) is 0 Å². The summed E-state index contributed by atoms with van der Waals surface area (Å²) in [5, 5.41) is 17.4. The second-order valence-corrected chi connectivity index (χ2v) is 5.08. The van der Waals surface area contributed by atoms with Crippen LogP contribution in [-0.4, -0.2) is 57.4 Å². The third-order valence-electron chi connectivity index (χ3n) is 2.76. The maximum absolute atomic E-state index is 10.5. The maximum Gasteiger partial charge on any atom is 0.313 e. The zero-order chi connectivity index (χ0) is 13.1. The van der Waals surface area contributed by atoms with Crippen molar-refractivity contribution in [1.29, 1.82) is 0 Å². The van der Waals surface area contributed by atoms with Gasteiger partial charge < -0.3 is 14.7 Å². The second kappa shape index (κ2) is 5.57. The van der Waals surface area contributed by atoms with Gasteiger partial charge in [-0.3, -0.25) is 9.36 Å². The Kier molecular flexibility index (Phi) is 4.07. The molecule has 0 bridgehead atoms. The van der Waals surface area contributed by atoms with Crippen molar-refractivity contribution in [3.63, 3.8) is 0 Å². The van der Waals surface area contributed by atoms with Crippen LogP contribution in [-0.2, 0) is 16.6 Å². The number of carboxylic acids is 1. The van der Waals surface area contributed by atoms with Gasteiger partial charge in [0, 0.05) is 13.6 Å². The topological polar surface area (TPSA) is 80.5 Å². The van der Waals surface area contributed by atoms with Crippen molar-refractivity contribution in [2.24, 2.45) is 7.05 Å². The Morgan fingerprint density at radius 2 is 2.39 bits per heavy atom. The molecule has 7 nitrogen and oxygen atoms in total. The van der Waals surface area contributed by atoms with E-state index < -0.39 is 5.97 Å². The van der Waals surface area contributed by atoms with Crippen LogP contribution >= 0.6 is 11.8 Å². The monoisotopic (exact) mass is 272 g/mol. The molecule has 0 amide bonds. The molecular formula is C10H16N4O3S. The van der Waals surface area contributed by atoms with Gasteiger partial charge >= 0.3 is 5.97 Å². The largest absolute Gasteiger partial charge is 0.481 e. The predicted molar refractivity (Wildman–Crippen MR) is 67.0 cm³/mol. The molecule has 1 atom stereocenters. The molecular weight excluding hydrogens is 256 g/mol. The summed E-state index contributed by atoms with van der Waals surface area (Å²) in [6, 6.07) is 0.249. The summed E-state index contributed by atoms with van der Waals surface area (Å²) >= 11 is 1.17. The van der Waals surface area contributed by atoms with Crippen LogP contribution in [0.5, 0.6) is 0 Å². The fourth-order valence-corrected chi connectivity index (χ4v) is 2.46. The number of aromatic nitrogens is 3. The first kappa shape index (κ1) is 13.2. The first-order valence-corrected chi connectivity index (χ1v) is 6.66. The zero-order valence-corrected chi connectivity index (χ0v) is 11.2. The van der Waals surface area contributed by atoms with Crippen molar-refractivity contribution in [2.75, 3.05) is 30.4 Å². The number of thioether (sulfide) groups is 1. The summed E-state index contributed by atoms with van der Waals surface area (Å²) in [6.07, 6.45) is 0. The quantitative estimate of drug-likeness (QED) is 0.785. The minimum absolute atomic E-state index is 0.00929. The van der Waals surface area contributed by atoms with Gasteiger partial charge in [-0.15, -0.1) is 10.2 Å². The number of hydrogen-bond acceptors (Lipinski definition) is 6. The van der Waals surface area contributed by atoms with E-state index in [2.05, 4.69) is 22.0 Å². The van der Waals surface area contributed by atoms with Crippen LogP contribution in [0.2, 0.25) is 0 Å². The molecule has 2 rings (SSSR count). The molecule has 8 heteroatoms. The molecule has 1 unspecified atom stereocenters. The SMILES string of the molecule is CC1COCCN1c1nnc(SCC(=O)O)n1C. The number of carboxylic acid groups (broad SMARTS) is 1. The Bertz CT molecular complexity index is 437. The molecule has 1 saturated heterocycles. The lowest BCUT2D eigenvalue weighted by atomic mass is 10.3. The molecule has 0 aromatic carbocycles. The molecule has 1 aliphatic heterocycles. The van der Waals surface area contributed by atoms with Crippen LogP contribution in [0.15, 0.2) is 5.16 Å². The zero-order valence-electron chi connectivity index (χ0n) is 10.4. The summed E-state index contributed by atoms with van der Waals surface area (Å²) in [5.41, 5.74) is 0. The molecule has 18 heavy (non-hydrogen) atoms. The van der Waals surface area contributed by atoms with Gasteiger partial charge in [-0.05, 0) is 6.92 Å². The highest BCUT2D eigenvalue weighted by Gasteiger charge is 2.24. The Labute approximate surface area is 109 Å². The summed E-state index contributed by atoms with van der Waals surface area (Å²) in [5.74, 6) is -0.104. The van der Waals surface area contributed by atoms with Crippen molar-refractivity contribution in [3.05, 3.63) is 0 Å². The van der Waals surface area contributed by atoms with E-state index >= 15 is 0 Å². The molecule has 100 valence electrons. The number of carbonyl (C=O) groups is 1. The van der Waals surface area contributed by atoms with E-state index in [0.717, 1.165) is 12.5 Å². The molecule has 0 spiro atoms. The van der Waals surface area contributed by atoms with Gasteiger partial charge in [-0.1, -0.05) is 11.8 Å². The Morgan fingerprint density at radius 3 is 3.06 bits per heavy atom. The molecule has 1 aromatic rings. The molecule has 1 fully saturated rings. The molecule has 1 aromatic heterocycles. The van der Waals surface area contributed by atoms with Crippen LogP contribution < -0.4 is 4.90 Å². The third-order valence-corrected chi connectivity index (χ3v) is 3.77. The van der Waals surface area contributed by atoms with Crippen LogP contribution in [0.25, 0.3) is 0 Å². The summed E-state index contributed by atoms with van der Waals surface area (Å²) in [7, 11) is 1.85. The van der Waals surface area contributed by atoms with Gasteiger partial charge in [0.15, 0.2) is 5.16 Å². The van der Waals surface area contributed by atoms with E-state index in [1.54, 1.807) is 0 Å². The van der Waals surface area contributed by atoms with E-state index in [4.69, 9.17) is 9.84 Å². The Balaban J connectivity index is 2.11. The van der Waals surface area contributed by atoms with Crippen molar-refractivity contribution < 1.29 is 14.6 Å². The van der Waals surface area contributed by atoms with E-state index in [-0.39, 0.29) is 11.8 Å². The lowest BCUT2D eigenvalue weighted by Crippen LogP contribution is -2.44. The van der Waals surface area contributed by atoms with E-state index in [1.807, 2.05) is 11.6 Å². The van der Waals surface area contributed by atoms with Gasteiger partial charge in [0.25, 0.3) is 0 Å². The van der Waals surface area contributed by atoms with Crippen molar-refractivity contribution in [2.45, 2.75) is 18.1 Å². The lowest BCUT2D eigenvalue weighted by Gasteiger charge is -2.33. The lowest BCUT2D eigenvalue weighted by molar-refractivity contribution is -0.133. The summed E-state index contributed by atoms with van der Waals surface area (Å²) in [4.78, 5) is 12.7. The summed E-state index contributed by atoms with van der Waals surface area (Å²) < 4.78 is 7.21. The fourth-order valence-electron chi connectivity index (χ4n) is 1.83. The second-order valence-electron chi connectivity index (χ2n) is 4.14. The van der Waals surface area contributed by atoms with E-state index in [9.17, 15) is 4.79 Å². The maximum atomic E-state index is 10.5. The van der Waals surface area contributed by atoms with Crippen LogP contribution in [0.4, 0.5) is 5.95 Å². The fraction of sp³-hybridized carbons (Fsp3) is 0.700. The van der Waals surface area contributed by atoms with Gasteiger partial charge in [0.2, 0.25) is 5.95 Å². The van der Waals surface area contributed by atoms with Crippen LogP contribution in [0.1, 0.15) is 6.92 Å². The van der Waals surface area contributed by atoms with Crippen LogP contribution in [0, 0.1) is 0 Å². The molecule has 0 aliphatic carbocycles. The highest BCUT2D eigenvalue weighted by atomic mass is 32.2. The predicted octanol–water partition coefficient (Wildman–Crippen LogP) is 0.217. The van der Waals surface area contributed by atoms with Crippen LogP contribution in [0.3, 0.4) is 0 Å². The van der Waals surface area contributed by atoms with Gasteiger partial charge in [0.05, 0.1) is 25.0 Å². The molecule has 0 saturated carbocycles. The minimum Gasteiger partial charge on any atom is -0.481 e. The average Bonchev–Trinajstić information content (AvgIpc) is 2.69. The molecule has 1 aliphatic rings. The van der Waals surface area contributed by atoms with Crippen molar-refractivity contribution in [1.82, 2.24) is 14.8 Å². The first-order valence-electron chi connectivity index (χ1n) is 5.68. The summed E-state index contributed by atoms with van der Waals surface area (Å²) in [6.45, 7) is 4.19. The average molecular weight is 272 g/mol. The van der Waals surface area contributed by atoms with Gasteiger partial charge in [-0.25, -0.2) is 0 Å². The number of hydrogen-bond donors (Lipinski definition) is 1. The van der Waals surface area contributed by atoms with E-state index in [0.29, 0.717) is 18.4 Å². The smallest absolute Gasteiger partial charge is 0.313 e. The van der Waals surface area contributed by atoms with Gasteiger partial charge in [0.1, 0.15) is 0 Å². The number of aliphatic carboxylic acids is 1. The molecule has 1 N–H and O–H groups in total. The van der Waals surface area contributed by atoms with Crippen molar-refractivity contribution >= 4 is 23.7 Å². The number of nitrogens with zero attached hydrogens (tertiary/aromatic N) is 4. The Morgan fingerprint density at radius 1 is 1.61 bits per heavy atom. The number of ether oxygens (including phenoxy) is 1. The first-order chi connectivity index (χ1) is 8.59. The van der Waals surface area contributed by atoms with E-state index in [1.165, 1.54) is 11.8 Å². The highest BCUT2D eigenvalue weighted by molar-refractivity contribution is 7.99. The highest BCUT2D eigenvalue weighted by Crippen LogP contribution is 2.22. The minimum atomic E-state index is -0.857. The van der Waals surface area contributed by atoms with Crippen molar-refractivity contribution in [3.8, 4) is 0 Å². The third kappa shape index (κ3) is 2.75.